The van der Waals surface area contributed by atoms with Crippen LogP contribution in [0, 0.1) is 5.82 Å². The number of esters is 1. The van der Waals surface area contributed by atoms with Gasteiger partial charge in [0.25, 0.3) is 0 Å². The molecule has 8 heteroatoms. The number of carbonyl (C=O) groups excluding carboxylic acids is 1. The summed E-state index contributed by atoms with van der Waals surface area (Å²) in [5, 5.41) is 20.2. The van der Waals surface area contributed by atoms with Crippen molar-refractivity contribution in [2.75, 3.05) is 7.11 Å². The highest BCUT2D eigenvalue weighted by molar-refractivity contribution is 5.73. The lowest BCUT2D eigenvalue weighted by molar-refractivity contribution is -0.143. The summed E-state index contributed by atoms with van der Waals surface area (Å²) in [6, 6.07) is 14.8. The average molecular weight is 440 g/mol. The molecule has 0 saturated heterocycles. The van der Waals surface area contributed by atoms with Gasteiger partial charge in [-0.1, -0.05) is 24.3 Å². The van der Waals surface area contributed by atoms with Crippen LogP contribution in [0.25, 0.3) is 23.0 Å². The molecule has 1 heterocycles. The Hall–Kier alpha value is -3.49. The van der Waals surface area contributed by atoms with Crippen LogP contribution in [0.1, 0.15) is 18.5 Å². The largest absolute Gasteiger partial charge is 0.469 e. The Morgan fingerprint density at radius 2 is 1.78 bits per heavy atom. The fourth-order valence-electron chi connectivity index (χ4n) is 3.43. The number of aliphatic hydroxyl groups excluding tert-OH is 2. The average Bonchev–Trinajstić information content (AvgIpc) is 3.03. The van der Waals surface area contributed by atoms with E-state index in [9.17, 15) is 24.2 Å². The van der Waals surface area contributed by atoms with Crippen molar-refractivity contribution in [3.63, 3.8) is 0 Å². The van der Waals surface area contributed by atoms with Gasteiger partial charge in [-0.2, -0.15) is 0 Å². The molecule has 0 saturated carbocycles. The normalized spacial score (nSPS) is 13.3. The maximum absolute atomic E-state index is 13.5. The second-order valence-electron chi connectivity index (χ2n) is 7.35. The molecule has 0 aliphatic rings. The number of carbonyl (C=O) groups is 1. The number of methoxy groups -OCH3 is 1. The van der Waals surface area contributed by atoms with E-state index in [0.717, 1.165) is 0 Å². The molecule has 32 heavy (non-hydrogen) atoms. The lowest BCUT2D eigenvalue weighted by atomic mass is 10.1. The highest BCUT2D eigenvalue weighted by Crippen LogP contribution is 2.27. The van der Waals surface area contributed by atoms with E-state index in [0.29, 0.717) is 22.6 Å². The molecule has 0 spiro atoms. The van der Waals surface area contributed by atoms with Gasteiger partial charge in [-0.15, -0.1) is 0 Å². The molecule has 2 aromatic carbocycles. The van der Waals surface area contributed by atoms with E-state index in [1.165, 1.54) is 34.5 Å². The Labute approximate surface area is 184 Å². The first kappa shape index (κ1) is 23.2. The molecule has 7 nitrogen and oxygen atoms in total. The summed E-state index contributed by atoms with van der Waals surface area (Å²) in [7, 11) is 2.83. The first-order valence-electron chi connectivity index (χ1n) is 10.1. The van der Waals surface area contributed by atoms with Crippen LogP contribution >= 0.6 is 0 Å². The van der Waals surface area contributed by atoms with Gasteiger partial charge in [-0.3, -0.25) is 13.9 Å². The summed E-state index contributed by atoms with van der Waals surface area (Å²) in [5.41, 5.74) is 1.97. The number of rotatable bonds is 8. The molecular weight excluding hydrogens is 415 g/mol. The molecule has 0 amide bonds. The van der Waals surface area contributed by atoms with Gasteiger partial charge in [0.15, 0.2) is 0 Å². The standard InChI is InChI=1S/C24H25FN2O5/c1-26-21(13-12-19(28)14-20(29)15-22(30)32-2)23(16-8-10-17(25)11-9-16)27(24(26)31)18-6-4-3-5-7-18/h3-13,19-20,28-29H,14-15H2,1-2H3/b13-12+. The number of halogens is 1. The molecule has 2 atom stereocenters. The number of imidazole rings is 1. The fourth-order valence-corrected chi connectivity index (χ4v) is 3.43. The van der Waals surface area contributed by atoms with E-state index in [-0.39, 0.29) is 18.5 Å². The number of benzene rings is 2. The topological polar surface area (TPSA) is 93.7 Å². The molecule has 3 aromatic rings. The van der Waals surface area contributed by atoms with E-state index in [2.05, 4.69) is 4.74 Å². The lowest BCUT2D eigenvalue weighted by Gasteiger charge is -2.12. The van der Waals surface area contributed by atoms with Crippen molar-refractivity contribution >= 4 is 12.0 Å². The minimum absolute atomic E-state index is 0.0785. The van der Waals surface area contributed by atoms with E-state index < -0.39 is 24.0 Å². The van der Waals surface area contributed by atoms with Crippen molar-refractivity contribution in [1.29, 1.82) is 0 Å². The van der Waals surface area contributed by atoms with Crippen LogP contribution in [-0.2, 0) is 16.6 Å². The SMILES string of the molecule is COC(=O)CC(O)CC(O)/C=C/c1c(-c2ccc(F)cc2)n(-c2ccccc2)c(=O)n1C. The number of hydrogen-bond donors (Lipinski definition) is 2. The van der Waals surface area contributed by atoms with Crippen molar-refractivity contribution in [2.24, 2.45) is 7.05 Å². The van der Waals surface area contributed by atoms with Gasteiger partial charge in [-0.05, 0) is 42.5 Å². The number of ether oxygens (including phenoxy) is 1. The quantitative estimate of drug-likeness (QED) is 0.526. The highest BCUT2D eigenvalue weighted by Gasteiger charge is 2.20. The maximum atomic E-state index is 13.5. The summed E-state index contributed by atoms with van der Waals surface area (Å²) in [6.07, 6.45) is 0.574. The summed E-state index contributed by atoms with van der Waals surface area (Å²) in [6.45, 7) is 0. The van der Waals surface area contributed by atoms with Crippen LogP contribution in [0.4, 0.5) is 4.39 Å². The summed E-state index contributed by atoms with van der Waals surface area (Å²) in [4.78, 5) is 24.4. The molecule has 2 N–H and O–H groups in total. The van der Waals surface area contributed by atoms with Crippen molar-refractivity contribution in [1.82, 2.24) is 9.13 Å². The summed E-state index contributed by atoms with van der Waals surface area (Å²) < 4.78 is 21.0. The molecule has 0 aliphatic carbocycles. The van der Waals surface area contributed by atoms with E-state index in [4.69, 9.17) is 0 Å². The minimum atomic E-state index is -1.07. The number of hydrogen-bond acceptors (Lipinski definition) is 5. The van der Waals surface area contributed by atoms with Crippen LogP contribution in [0.5, 0.6) is 0 Å². The number of aromatic nitrogens is 2. The van der Waals surface area contributed by atoms with Crippen LogP contribution in [0.2, 0.25) is 0 Å². The molecule has 1 aromatic heterocycles. The van der Waals surface area contributed by atoms with E-state index >= 15 is 0 Å². The van der Waals surface area contributed by atoms with Crippen molar-refractivity contribution in [2.45, 2.75) is 25.0 Å². The first-order valence-corrected chi connectivity index (χ1v) is 10.1. The van der Waals surface area contributed by atoms with Gasteiger partial charge in [0.05, 0.1) is 42.8 Å². The van der Waals surface area contributed by atoms with Gasteiger partial charge >= 0.3 is 11.7 Å². The van der Waals surface area contributed by atoms with Crippen LogP contribution in [0.15, 0.2) is 65.5 Å². The molecule has 0 aliphatic heterocycles. The third-order valence-electron chi connectivity index (χ3n) is 5.06. The third kappa shape index (κ3) is 5.22. The molecule has 168 valence electrons. The number of aliphatic hydroxyl groups is 2. The predicted octanol–water partition coefficient (Wildman–Crippen LogP) is 2.67. The van der Waals surface area contributed by atoms with Gasteiger partial charge in [0.1, 0.15) is 5.82 Å². The van der Waals surface area contributed by atoms with Gasteiger partial charge in [-0.25, -0.2) is 9.18 Å². The zero-order valence-corrected chi connectivity index (χ0v) is 17.8. The Bertz CT molecular complexity index is 1150. The fraction of sp³-hybridized carbons (Fsp3) is 0.250. The highest BCUT2D eigenvalue weighted by atomic mass is 19.1. The van der Waals surface area contributed by atoms with Crippen molar-refractivity contribution in [3.8, 4) is 16.9 Å². The zero-order valence-electron chi connectivity index (χ0n) is 17.8. The summed E-state index contributed by atoms with van der Waals surface area (Å²) in [5.74, 6) is -0.972. The Kier molecular flexibility index (Phi) is 7.40. The predicted molar refractivity (Wildman–Crippen MR) is 119 cm³/mol. The molecule has 0 radical (unpaired) electrons. The monoisotopic (exact) mass is 440 g/mol. The number of nitrogens with zero attached hydrogens (tertiary/aromatic N) is 2. The molecule has 0 bridgehead atoms. The van der Waals surface area contributed by atoms with Crippen molar-refractivity contribution in [3.05, 3.63) is 82.7 Å². The number of para-hydroxylation sites is 1. The molecule has 0 fully saturated rings. The van der Waals surface area contributed by atoms with Gasteiger partial charge in [0.2, 0.25) is 0 Å². The Balaban J connectivity index is 2.02. The second-order valence-corrected chi connectivity index (χ2v) is 7.35. The second kappa shape index (κ2) is 10.2. The van der Waals surface area contributed by atoms with Crippen LogP contribution in [-0.4, -0.2) is 44.6 Å². The summed E-state index contributed by atoms with van der Waals surface area (Å²) >= 11 is 0. The first-order chi connectivity index (χ1) is 15.3. The van der Waals surface area contributed by atoms with E-state index in [1.807, 2.05) is 18.2 Å². The zero-order chi connectivity index (χ0) is 23.3. The smallest absolute Gasteiger partial charge is 0.333 e. The van der Waals surface area contributed by atoms with Crippen LogP contribution in [0.3, 0.4) is 0 Å². The Morgan fingerprint density at radius 1 is 1.12 bits per heavy atom. The van der Waals surface area contributed by atoms with E-state index in [1.54, 1.807) is 37.4 Å². The lowest BCUT2D eigenvalue weighted by Crippen LogP contribution is -2.21. The minimum Gasteiger partial charge on any atom is -0.469 e. The van der Waals surface area contributed by atoms with Crippen LogP contribution < -0.4 is 5.69 Å². The third-order valence-corrected chi connectivity index (χ3v) is 5.06. The molecule has 3 rings (SSSR count). The van der Waals surface area contributed by atoms with Gasteiger partial charge in [0, 0.05) is 19.0 Å². The Morgan fingerprint density at radius 3 is 2.41 bits per heavy atom. The van der Waals surface area contributed by atoms with Crippen molar-refractivity contribution < 1.29 is 24.1 Å². The maximum Gasteiger partial charge on any atom is 0.333 e. The molecular formula is C24H25FN2O5. The molecule has 2 unspecified atom stereocenters. The van der Waals surface area contributed by atoms with Gasteiger partial charge < -0.3 is 14.9 Å².